The van der Waals surface area contributed by atoms with Crippen LogP contribution in [0.1, 0.15) is 0 Å². The Bertz CT molecular complexity index is 3200. The van der Waals surface area contributed by atoms with E-state index in [9.17, 15) is 0 Å². The first-order valence-electron chi connectivity index (χ1n) is 18.1. The van der Waals surface area contributed by atoms with Crippen LogP contribution >= 0.6 is 0 Å². The topological polar surface area (TPSA) is 0 Å². The fourth-order valence-corrected chi connectivity index (χ4v) is 8.83. The van der Waals surface area contributed by atoms with Crippen LogP contribution in [-0.4, -0.2) is 0 Å². The molecule has 0 saturated heterocycles. The van der Waals surface area contributed by atoms with Gasteiger partial charge in [0.05, 0.1) is 0 Å². The molecule has 0 atom stereocenters. The Morgan fingerprint density at radius 3 is 1.37 bits per heavy atom. The van der Waals surface area contributed by atoms with Crippen molar-refractivity contribution in [1.82, 2.24) is 0 Å². The summed E-state index contributed by atoms with van der Waals surface area (Å²) in [5.41, 5.74) is 7.50. The maximum Gasteiger partial charge on any atom is -0.00199 e. The highest BCUT2D eigenvalue weighted by Gasteiger charge is 2.20. The van der Waals surface area contributed by atoms with Crippen LogP contribution in [0.25, 0.3) is 109 Å². The van der Waals surface area contributed by atoms with E-state index in [4.69, 9.17) is 0 Å². The Morgan fingerprint density at radius 1 is 0.192 bits per heavy atom. The smallest absolute Gasteiger partial charge is 0.00199 e. The highest BCUT2D eigenvalue weighted by atomic mass is 14.2. The molecule has 11 rings (SSSR count). The molecule has 0 amide bonds. The summed E-state index contributed by atoms with van der Waals surface area (Å²) in [5.74, 6) is 0. The molecular formula is C52H32. The van der Waals surface area contributed by atoms with Gasteiger partial charge in [-0.2, -0.15) is 0 Å². The summed E-state index contributed by atoms with van der Waals surface area (Å²) in [6.07, 6.45) is 0. The van der Waals surface area contributed by atoms with E-state index in [1.54, 1.807) is 0 Å². The van der Waals surface area contributed by atoms with E-state index >= 15 is 0 Å². The van der Waals surface area contributed by atoms with E-state index in [2.05, 4.69) is 194 Å². The molecule has 0 aliphatic heterocycles. The molecule has 0 unspecified atom stereocenters. The molecule has 0 spiro atoms. The van der Waals surface area contributed by atoms with Gasteiger partial charge in [0.1, 0.15) is 0 Å². The lowest BCUT2D eigenvalue weighted by Gasteiger charge is -2.20. The number of hydrogen-bond donors (Lipinski definition) is 0. The van der Waals surface area contributed by atoms with Crippen LogP contribution in [0.4, 0.5) is 0 Å². The Morgan fingerprint density at radius 2 is 0.635 bits per heavy atom. The van der Waals surface area contributed by atoms with Gasteiger partial charge < -0.3 is 0 Å². The molecule has 11 aromatic carbocycles. The van der Waals surface area contributed by atoms with Crippen LogP contribution in [0, 0.1) is 0 Å². The van der Waals surface area contributed by atoms with Crippen LogP contribution in [0.2, 0.25) is 0 Å². The molecule has 52 heavy (non-hydrogen) atoms. The molecule has 0 fully saturated rings. The minimum absolute atomic E-state index is 1.22. The van der Waals surface area contributed by atoms with Gasteiger partial charge in [-0.25, -0.2) is 0 Å². The Balaban J connectivity index is 1.27. The minimum atomic E-state index is 1.22. The van der Waals surface area contributed by atoms with Gasteiger partial charge in [0, 0.05) is 0 Å². The van der Waals surface area contributed by atoms with E-state index in [0.29, 0.717) is 0 Å². The average Bonchev–Trinajstić information content (AvgIpc) is 3.22. The lowest BCUT2D eigenvalue weighted by molar-refractivity contribution is 1.66. The summed E-state index contributed by atoms with van der Waals surface area (Å²) >= 11 is 0. The average molecular weight is 657 g/mol. The van der Waals surface area contributed by atoms with Crippen molar-refractivity contribution in [2.24, 2.45) is 0 Å². The molecule has 11 aromatic rings. The third kappa shape index (κ3) is 4.35. The summed E-state index contributed by atoms with van der Waals surface area (Å²) in [6, 6.07) is 72.0. The van der Waals surface area contributed by atoms with Gasteiger partial charge in [-0.3, -0.25) is 0 Å². The first-order chi connectivity index (χ1) is 25.8. The van der Waals surface area contributed by atoms with E-state index in [1.165, 1.54) is 109 Å². The zero-order valence-electron chi connectivity index (χ0n) is 28.5. The van der Waals surface area contributed by atoms with Crippen molar-refractivity contribution < 1.29 is 0 Å². The van der Waals surface area contributed by atoms with E-state index in [-0.39, 0.29) is 0 Å². The van der Waals surface area contributed by atoms with Crippen LogP contribution in [0.15, 0.2) is 194 Å². The maximum atomic E-state index is 2.44. The molecule has 0 saturated carbocycles. The van der Waals surface area contributed by atoms with Crippen LogP contribution in [-0.2, 0) is 0 Å². The molecule has 240 valence electrons. The second-order valence-electron chi connectivity index (χ2n) is 14.0. The van der Waals surface area contributed by atoms with Gasteiger partial charge in [0.15, 0.2) is 0 Å². The monoisotopic (exact) mass is 656 g/mol. The van der Waals surface area contributed by atoms with Gasteiger partial charge in [0.2, 0.25) is 0 Å². The minimum Gasteiger partial charge on any atom is -0.0616 e. The second kappa shape index (κ2) is 11.4. The maximum absolute atomic E-state index is 2.44. The largest absolute Gasteiger partial charge is 0.0616 e. The molecular weight excluding hydrogens is 625 g/mol. The molecule has 0 heterocycles. The fourth-order valence-electron chi connectivity index (χ4n) is 8.83. The molecule has 0 heteroatoms. The van der Waals surface area contributed by atoms with Crippen molar-refractivity contribution in [3.05, 3.63) is 194 Å². The van der Waals surface area contributed by atoms with Crippen LogP contribution in [0.5, 0.6) is 0 Å². The van der Waals surface area contributed by atoms with Gasteiger partial charge >= 0.3 is 0 Å². The summed E-state index contributed by atoms with van der Waals surface area (Å²) in [7, 11) is 0. The third-order valence-corrected chi connectivity index (χ3v) is 11.2. The Labute approximate surface area is 301 Å². The highest BCUT2D eigenvalue weighted by molar-refractivity contribution is 6.28. The summed E-state index contributed by atoms with van der Waals surface area (Å²) in [4.78, 5) is 0. The molecule has 0 N–H and O–H groups in total. The summed E-state index contributed by atoms with van der Waals surface area (Å²) < 4.78 is 0. The van der Waals surface area contributed by atoms with Gasteiger partial charge in [-0.15, -0.1) is 0 Å². The number of hydrogen-bond acceptors (Lipinski definition) is 0. The first kappa shape index (κ1) is 29.0. The van der Waals surface area contributed by atoms with E-state index < -0.39 is 0 Å². The summed E-state index contributed by atoms with van der Waals surface area (Å²) in [5, 5.41) is 17.8. The van der Waals surface area contributed by atoms with Crippen molar-refractivity contribution >= 4 is 75.4 Å². The van der Waals surface area contributed by atoms with Crippen molar-refractivity contribution in [3.8, 4) is 33.4 Å². The van der Waals surface area contributed by atoms with Crippen molar-refractivity contribution in [2.45, 2.75) is 0 Å². The third-order valence-electron chi connectivity index (χ3n) is 11.2. The van der Waals surface area contributed by atoms with E-state index in [0.717, 1.165) is 0 Å². The zero-order valence-corrected chi connectivity index (χ0v) is 28.5. The van der Waals surface area contributed by atoms with Crippen LogP contribution in [0.3, 0.4) is 0 Å². The first-order valence-corrected chi connectivity index (χ1v) is 18.1. The van der Waals surface area contributed by atoms with Crippen molar-refractivity contribution in [1.29, 1.82) is 0 Å². The lowest BCUT2D eigenvalue weighted by Crippen LogP contribution is -1.93. The molecule has 0 aromatic heterocycles. The molecule has 0 radical (unpaired) electrons. The quantitative estimate of drug-likeness (QED) is 0.131. The zero-order chi connectivity index (χ0) is 34.2. The molecule has 0 bridgehead atoms. The summed E-state index contributed by atoms with van der Waals surface area (Å²) in [6.45, 7) is 0. The number of rotatable bonds is 3. The highest BCUT2D eigenvalue weighted by Crippen LogP contribution is 2.47. The molecule has 0 aliphatic rings. The van der Waals surface area contributed by atoms with Crippen LogP contribution < -0.4 is 0 Å². The molecule has 0 nitrogen and oxygen atoms in total. The SMILES string of the molecule is c1ccc2cc(-c3ccc4c(-c5ccc6c7ccccc7c7ccccc7c6c5)c5ccccc5c(-c5cccc6ccccc56)c4c3)ccc2c1. The van der Waals surface area contributed by atoms with Gasteiger partial charge in [0.25, 0.3) is 0 Å². The predicted octanol–water partition coefficient (Wildman–Crippen LogP) is 14.8. The fraction of sp³-hybridized carbons (Fsp3) is 0. The van der Waals surface area contributed by atoms with Crippen molar-refractivity contribution in [2.75, 3.05) is 0 Å². The van der Waals surface area contributed by atoms with E-state index in [1.807, 2.05) is 0 Å². The standard InChI is InChI=1S/C52H32/c1-2-14-35-30-36(25-24-33(35)12-1)37-26-29-48-50(31-37)52(45-23-11-15-34-13-3-4-16-39(34)45)47-22-10-9-21-46(47)51(48)38-27-28-44-42-19-6-5-17-40(42)41-18-7-8-20-43(41)49(44)32-38/h1-32H. The number of fused-ring (bicyclic) bond motifs is 10. The van der Waals surface area contributed by atoms with Gasteiger partial charge in [-0.1, -0.05) is 176 Å². The number of benzene rings is 11. The normalized spacial score (nSPS) is 11.8. The molecule has 0 aliphatic carbocycles. The Hall–Kier alpha value is -6.76. The lowest BCUT2D eigenvalue weighted by atomic mass is 9.83. The second-order valence-corrected chi connectivity index (χ2v) is 14.0. The van der Waals surface area contributed by atoms with Gasteiger partial charge in [-0.05, 0) is 127 Å². The Kier molecular flexibility index (Phi) is 6.35. The van der Waals surface area contributed by atoms with Crippen molar-refractivity contribution in [3.63, 3.8) is 0 Å². The predicted molar refractivity (Wildman–Crippen MR) is 225 cm³/mol.